The third-order valence-corrected chi connectivity index (χ3v) is 6.24. The summed E-state index contributed by atoms with van der Waals surface area (Å²) in [4.78, 5) is 16.1. The van der Waals surface area contributed by atoms with Gasteiger partial charge >= 0.3 is 0 Å². The molecular formula is C21H26N6O. The lowest BCUT2D eigenvalue weighted by Gasteiger charge is -2.29. The minimum absolute atomic E-state index is 0.106. The molecule has 0 spiro atoms. The lowest BCUT2D eigenvalue weighted by molar-refractivity contribution is -0.130. The average Bonchev–Trinajstić information content (AvgIpc) is 3.39. The first kappa shape index (κ1) is 17.4. The van der Waals surface area contributed by atoms with E-state index in [-0.39, 0.29) is 5.91 Å². The van der Waals surface area contributed by atoms with Crippen molar-refractivity contribution in [2.75, 3.05) is 13.1 Å². The number of nitrogens with zero attached hydrogens (tertiary/aromatic N) is 6. The molecule has 7 nitrogen and oxygen atoms in total. The van der Waals surface area contributed by atoms with Crippen molar-refractivity contribution in [1.82, 2.24) is 29.1 Å². The minimum atomic E-state index is 0.106. The van der Waals surface area contributed by atoms with Gasteiger partial charge < -0.3 is 14.0 Å². The molecule has 1 saturated heterocycles. The number of amides is 1. The first-order valence-corrected chi connectivity index (χ1v) is 10.1. The molecule has 1 aromatic carbocycles. The molecule has 2 aliphatic rings. The van der Waals surface area contributed by atoms with Gasteiger partial charge in [0.05, 0.1) is 12.6 Å². The van der Waals surface area contributed by atoms with Crippen LogP contribution in [0.1, 0.15) is 43.0 Å². The van der Waals surface area contributed by atoms with Crippen molar-refractivity contribution >= 4 is 16.8 Å². The van der Waals surface area contributed by atoms with Crippen molar-refractivity contribution in [3.63, 3.8) is 0 Å². The molecule has 1 amide bonds. The summed E-state index contributed by atoms with van der Waals surface area (Å²) >= 11 is 0. The zero-order valence-corrected chi connectivity index (χ0v) is 16.5. The molecule has 1 unspecified atom stereocenters. The molecule has 0 N–H and O–H groups in total. The monoisotopic (exact) mass is 378 g/mol. The number of rotatable bonds is 3. The van der Waals surface area contributed by atoms with Gasteiger partial charge in [-0.15, -0.1) is 10.2 Å². The number of fused-ring (bicyclic) bond motifs is 2. The van der Waals surface area contributed by atoms with Crippen LogP contribution < -0.4 is 0 Å². The molecule has 0 aliphatic carbocycles. The fourth-order valence-corrected chi connectivity index (χ4v) is 4.77. The number of carbonyl (C=O) groups excluding carboxylic acids is 1. The Morgan fingerprint density at radius 1 is 1.18 bits per heavy atom. The van der Waals surface area contributed by atoms with Gasteiger partial charge in [0, 0.05) is 50.7 Å². The van der Waals surface area contributed by atoms with Crippen LogP contribution in [0.4, 0.5) is 0 Å². The Labute approximate surface area is 164 Å². The standard InChI is InChI=1S/C21H26N6O/c1-15(28)25-10-11-27-20(14-25)22-23-21(27)19-8-5-9-26(19)13-16-12-24(2)18-7-4-3-6-17(16)18/h3-4,6-7,12,19H,5,8-11,13-14H2,1-2H3. The molecule has 7 heteroatoms. The Kier molecular flexibility index (Phi) is 4.19. The molecular weight excluding hydrogens is 352 g/mol. The van der Waals surface area contributed by atoms with E-state index in [1.54, 1.807) is 6.92 Å². The van der Waals surface area contributed by atoms with E-state index in [1.165, 1.54) is 22.9 Å². The Morgan fingerprint density at radius 2 is 2.04 bits per heavy atom. The maximum atomic E-state index is 11.7. The highest BCUT2D eigenvalue weighted by molar-refractivity contribution is 5.83. The summed E-state index contributed by atoms with van der Waals surface area (Å²) in [5.74, 6) is 2.08. The Hall–Kier alpha value is -2.67. The molecule has 0 radical (unpaired) electrons. The molecule has 2 aromatic heterocycles. The van der Waals surface area contributed by atoms with Gasteiger partial charge in [0.1, 0.15) is 0 Å². The van der Waals surface area contributed by atoms with Crippen molar-refractivity contribution in [2.45, 2.75) is 45.4 Å². The number of hydrogen-bond acceptors (Lipinski definition) is 4. The second kappa shape index (κ2) is 6.74. The van der Waals surface area contributed by atoms with Crippen molar-refractivity contribution in [3.05, 3.63) is 47.7 Å². The van der Waals surface area contributed by atoms with E-state index in [0.29, 0.717) is 12.6 Å². The van der Waals surface area contributed by atoms with E-state index in [4.69, 9.17) is 0 Å². The van der Waals surface area contributed by atoms with Crippen LogP contribution >= 0.6 is 0 Å². The largest absolute Gasteiger partial charge is 0.350 e. The van der Waals surface area contributed by atoms with E-state index < -0.39 is 0 Å². The van der Waals surface area contributed by atoms with Gasteiger partial charge in [0.15, 0.2) is 11.6 Å². The van der Waals surface area contributed by atoms with Crippen LogP contribution in [0, 0.1) is 0 Å². The van der Waals surface area contributed by atoms with Crippen LogP contribution in [0.25, 0.3) is 10.9 Å². The highest BCUT2D eigenvalue weighted by Crippen LogP contribution is 2.34. The zero-order valence-electron chi connectivity index (χ0n) is 16.5. The summed E-state index contributed by atoms with van der Waals surface area (Å²) in [6.45, 7) is 5.72. The summed E-state index contributed by atoms with van der Waals surface area (Å²) < 4.78 is 4.45. The van der Waals surface area contributed by atoms with E-state index in [9.17, 15) is 4.79 Å². The number of carbonyl (C=O) groups is 1. The van der Waals surface area contributed by atoms with Crippen LogP contribution in [-0.2, 0) is 31.5 Å². The Morgan fingerprint density at radius 3 is 2.89 bits per heavy atom. The Bertz CT molecular complexity index is 1030. The first-order valence-electron chi connectivity index (χ1n) is 10.1. The summed E-state index contributed by atoms with van der Waals surface area (Å²) in [7, 11) is 2.11. The van der Waals surface area contributed by atoms with E-state index in [0.717, 1.165) is 44.2 Å². The summed E-state index contributed by atoms with van der Waals surface area (Å²) in [5, 5.41) is 10.3. The Balaban J connectivity index is 1.42. The van der Waals surface area contributed by atoms with Gasteiger partial charge in [-0.05, 0) is 31.0 Å². The zero-order chi connectivity index (χ0) is 19.3. The van der Waals surface area contributed by atoms with Gasteiger partial charge in [-0.25, -0.2) is 0 Å². The quantitative estimate of drug-likeness (QED) is 0.703. The first-order chi connectivity index (χ1) is 13.6. The highest BCUT2D eigenvalue weighted by atomic mass is 16.2. The number of aryl methyl sites for hydroxylation is 1. The average molecular weight is 378 g/mol. The fraction of sp³-hybridized carbons (Fsp3) is 0.476. The van der Waals surface area contributed by atoms with Crippen molar-refractivity contribution in [2.24, 2.45) is 7.05 Å². The summed E-state index contributed by atoms with van der Waals surface area (Å²) in [6.07, 6.45) is 4.54. The predicted octanol–water partition coefficient (Wildman–Crippen LogP) is 2.47. The smallest absolute Gasteiger partial charge is 0.219 e. The highest BCUT2D eigenvalue weighted by Gasteiger charge is 2.33. The van der Waals surface area contributed by atoms with Crippen LogP contribution in [-0.4, -0.2) is 48.1 Å². The van der Waals surface area contributed by atoms with Gasteiger partial charge in [0.25, 0.3) is 0 Å². The van der Waals surface area contributed by atoms with E-state index >= 15 is 0 Å². The number of hydrogen-bond donors (Lipinski definition) is 0. The minimum Gasteiger partial charge on any atom is -0.350 e. The van der Waals surface area contributed by atoms with E-state index in [1.807, 2.05) is 4.90 Å². The topological polar surface area (TPSA) is 59.2 Å². The number of benzene rings is 1. The predicted molar refractivity (Wildman–Crippen MR) is 106 cm³/mol. The van der Waals surface area contributed by atoms with Crippen LogP contribution in [0.15, 0.2) is 30.5 Å². The molecule has 2 aliphatic heterocycles. The van der Waals surface area contributed by atoms with Crippen LogP contribution in [0.2, 0.25) is 0 Å². The summed E-state index contributed by atoms with van der Waals surface area (Å²) in [6, 6.07) is 8.89. The molecule has 0 bridgehead atoms. The molecule has 146 valence electrons. The second-order valence-electron chi connectivity index (χ2n) is 7.98. The van der Waals surface area contributed by atoms with Crippen molar-refractivity contribution in [1.29, 1.82) is 0 Å². The molecule has 1 atom stereocenters. The van der Waals surface area contributed by atoms with Crippen molar-refractivity contribution < 1.29 is 4.79 Å². The molecule has 4 heterocycles. The van der Waals surface area contributed by atoms with E-state index in [2.05, 4.69) is 61.7 Å². The number of para-hydroxylation sites is 1. The fourth-order valence-electron chi connectivity index (χ4n) is 4.77. The molecule has 0 saturated carbocycles. The summed E-state index contributed by atoms with van der Waals surface area (Å²) in [5.41, 5.74) is 2.64. The van der Waals surface area contributed by atoms with Crippen LogP contribution in [0.3, 0.4) is 0 Å². The van der Waals surface area contributed by atoms with Gasteiger partial charge in [-0.2, -0.15) is 0 Å². The second-order valence-corrected chi connectivity index (χ2v) is 7.98. The normalized spacial score (nSPS) is 20.1. The third kappa shape index (κ3) is 2.81. The number of likely N-dealkylation sites (tertiary alicyclic amines) is 1. The molecule has 28 heavy (non-hydrogen) atoms. The van der Waals surface area contributed by atoms with Gasteiger partial charge in [0.2, 0.25) is 5.91 Å². The van der Waals surface area contributed by atoms with Gasteiger partial charge in [-0.1, -0.05) is 18.2 Å². The maximum Gasteiger partial charge on any atom is 0.219 e. The SMILES string of the molecule is CC(=O)N1CCn2c(nnc2C2CCCN2Cc2cn(C)c3ccccc23)C1. The van der Waals surface area contributed by atoms with Crippen LogP contribution in [0.5, 0.6) is 0 Å². The number of aromatic nitrogens is 4. The maximum absolute atomic E-state index is 11.7. The molecule has 1 fully saturated rings. The molecule has 3 aromatic rings. The van der Waals surface area contributed by atoms with Crippen molar-refractivity contribution in [3.8, 4) is 0 Å². The molecule has 5 rings (SSSR count). The third-order valence-electron chi connectivity index (χ3n) is 6.24. The lowest BCUT2D eigenvalue weighted by atomic mass is 10.1. The van der Waals surface area contributed by atoms with Gasteiger partial charge in [-0.3, -0.25) is 9.69 Å². The lowest BCUT2D eigenvalue weighted by Crippen LogP contribution is -2.38.